The van der Waals surface area contributed by atoms with E-state index in [0.717, 1.165) is 6.07 Å². The van der Waals surface area contributed by atoms with E-state index in [0.29, 0.717) is 31.5 Å². The van der Waals surface area contributed by atoms with Crippen molar-refractivity contribution >= 4 is 11.8 Å². The molecule has 152 valence electrons. The highest BCUT2D eigenvalue weighted by Gasteiger charge is 2.33. The molecule has 0 unspecified atom stereocenters. The van der Waals surface area contributed by atoms with Crippen LogP contribution in [0.2, 0.25) is 0 Å². The summed E-state index contributed by atoms with van der Waals surface area (Å²) in [4.78, 5) is 13.6. The normalized spacial score (nSPS) is 18.2. The van der Waals surface area contributed by atoms with Crippen LogP contribution in [0.3, 0.4) is 0 Å². The van der Waals surface area contributed by atoms with Gasteiger partial charge in [-0.15, -0.1) is 0 Å². The van der Waals surface area contributed by atoms with Gasteiger partial charge in [-0.25, -0.2) is 4.79 Å². The zero-order chi connectivity index (χ0) is 20.4. The van der Waals surface area contributed by atoms with Gasteiger partial charge in [0.05, 0.1) is 17.8 Å². The molecule has 0 aromatic heterocycles. The summed E-state index contributed by atoms with van der Waals surface area (Å²) in [5.41, 5.74) is -2.14. The Morgan fingerprint density at radius 2 is 2.00 bits per heavy atom. The summed E-state index contributed by atoms with van der Waals surface area (Å²) < 4.78 is 49.6. The molecule has 0 aliphatic carbocycles. The lowest BCUT2D eigenvalue weighted by Gasteiger charge is -2.35. The monoisotopic (exact) mass is 391 g/mol. The minimum Gasteiger partial charge on any atom is -0.733 e. The van der Waals surface area contributed by atoms with E-state index in [1.807, 2.05) is 0 Å². The molecule has 1 aromatic carbocycles. The first-order chi connectivity index (χ1) is 12.4. The highest BCUT2D eigenvalue weighted by Crippen LogP contribution is 2.37. The lowest BCUT2D eigenvalue weighted by atomic mass is 10.1. The number of carbonyl (C=O) groups is 1. The molecule has 1 aromatic rings. The highest BCUT2D eigenvalue weighted by atomic mass is 19.4. The Kier molecular flexibility index (Phi) is 6.10. The summed E-state index contributed by atoms with van der Waals surface area (Å²) in [6.07, 6.45) is -4.80. The van der Waals surface area contributed by atoms with Crippen molar-refractivity contribution in [3.05, 3.63) is 29.0 Å². The molecule has 0 saturated carbocycles. The quantitative estimate of drug-likeness (QED) is 0.778. The third-order valence-electron chi connectivity index (χ3n) is 3.82. The van der Waals surface area contributed by atoms with Crippen molar-refractivity contribution < 1.29 is 32.6 Å². The van der Waals surface area contributed by atoms with Gasteiger partial charge in [0.25, 0.3) is 0 Å². The van der Waals surface area contributed by atoms with Gasteiger partial charge in [-0.1, -0.05) is 0 Å². The Morgan fingerprint density at radius 3 is 2.56 bits per heavy atom. The van der Waals surface area contributed by atoms with Crippen LogP contribution in [0.1, 0.15) is 39.2 Å². The zero-order valence-corrected chi connectivity index (χ0v) is 15.2. The van der Waals surface area contributed by atoms with Crippen LogP contribution in [0, 0.1) is 5.21 Å². The van der Waals surface area contributed by atoms with E-state index in [2.05, 4.69) is 0 Å². The van der Waals surface area contributed by atoms with Gasteiger partial charge in [-0.05, 0) is 51.8 Å². The number of rotatable bonds is 3. The van der Waals surface area contributed by atoms with Crippen molar-refractivity contribution in [2.24, 2.45) is 0 Å². The van der Waals surface area contributed by atoms with E-state index in [1.54, 1.807) is 20.8 Å². The summed E-state index contributed by atoms with van der Waals surface area (Å²) in [6, 6.07) is 2.17. The van der Waals surface area contributed by atoms with Crippen LogP contribution >= 0.6 is 0 Å². The molecule has 7 nitrogen and oxygen atoms in total. The van der Waals surface area contributed by atoms with Gasteiger partial charge in [0, 0.05) is 6.54 Å². The largest absolute Gasteiger partial charge is 0.733 e. The van der Waals surface area contributed by atoms with Crippen molar-refractivity contribution in [3.8, 4) is 5.75 Å². The van der Waals surface area contributed by atoms with Gasteiger partial charge in [-0.3, -0.25) is 5.21 Å². The Labute approximate surface area is 154 Å². The van der Waals surface area contributed by atoms with Crippen molar-refractivity contribution in [1.29, 1.82) is 0 Å². The number of hydrogen-bond donors (Lipinski definition) is 1. The van der Waals surface area contributed by atoms with Crippen LogP contribution in [-0.4, -0.2) is 41.0 Å². The Bertz CT molecular complexity index is 674. The van der Waals surface area contributed by atoms with Crippen LogP contribution in [-0.2, 0) is 10.9 Å². The van der Waals surface area contributed by atoms with Gasteiger partial charge in [-0.2, -0.15) is 13.2 Å². The number of hydrogen-bond acceptors (Lipinski definition) is 6. The third kappa shape index (κ3) is 5.90. The zero-order valence-electron chi connectivity index (χ0n) is 15.2. The lowest BCUT2D eigenvalue weighted by Crippen LogP contribution is -2.46. The van der Waals surface area contributed by atoms with E-state index in [4.69, 9.17) is 14.7 Å². The SMILES string of the molecule is CC(C)(C)OC(=O)N1CCC[C@H](Oc2cc(C(F)(F)F)ccc2N([O-])O)C1. The van der Waals surface area contributed by atoms with E-state index >= 15 is 0 Å². The molecule has 1 amide bonds. The van der Waals surface area contributed by atoms with Gasteiger partial charge in [0.1, 0.15) is 17.5 Å². The van der Waals surface area contributed by atoms with Crippen molar-refractivity contribution in [2.45, 2.75) is 51.5 Å². The molecule has 0 bridgehead atoms. The minimum atomic E-state index is -4.63. The summed E-state index contributed by atoms with van der Waals surface area (Å²) in [5, 5.41) is 19.8. The molecule has 1 fully saturated rings. The molecule has 1 heterocycles. The molecule has 1 aliphatic heterocycles. The number of alkyl halides is 3. The molecular weight excluding hydrogens is 369 g/mol. The van der Waals surface area contributed by atoms with Gasteiger partial charge < -0.3 is 24.8 Å². The number of halogens is 3. The average molecular weight is 391 g/mol. The van der Waals surface area contributed by atoms with Crippen LogP contribution < -0.4 is 9.96 Å². The molecule has 1 aliphatic rings. The molecule has 10 heteroatoms. The summed E-state index contributed by atoms with van der Waals surface area (Å²) in [6.45, 7) is 5.69. The Hall–Kier alpha value is -2.20. The number of amides is 1. The molecule has 1 N–H and O–H groups in total. The number of ether oxygens (including phenoxy) is 2. The van der Waals surface area contributed by atoms with Gasteiger partial charge >= 0.3 is 12.3 Å². The molecule has 27 heavy (non-hydrogen) atoms. The minimum absolute atomic E-state index is 0.0921. The highest BCUT2D eigenvalue weighted by molar-refractivity contribution is 5.68. The van der Waals surface area contributed by atoms with E-state index in [1.165, 1.54) is 4.90 Å². The number of benzene rings is 1. The molecule has 1 saturated heterocycles. The molecule has 2 rings (SSSR count). The number of likely N-dealkylation sites (tertiary alicyclic amines) is 1. The number of anilines is 1. The second-order valence-corrected chi connectivity index (χ2v) is 7.26. The van der Waals surface area contributed by atoms with Gasteiger partial charge in [0.15, 0.2) is 0 Å². The molecule has 0 spiro atoms. The van der Waals surface area contributed by atoms with Crippen molar-refractivity contribution in [2.75, 3.05) is 18.3 Å². The predicted octanol–water partition coefficient (Wildman–Crippen LogP) is 4.18. The molecule has 0 radical (unpaired) electrons. The fraction of sp³-hybridized carbons (Fsp3) is 0.588. The maximum absolute atomic E-state index is 12.9. The lowest BCUT2D eigenvalue weighted by molar-refractivity contribution is -0.137. The smallest absolute Gasteiger partial charge is 0.416 e. The maximum Gasteiger partial charge on any atom is 0.416 e. The summed E-state index contributed by atoms with van der Waals surface area (Å²) in [7, 11) is 0. The standard InChI is InChI=1S/C17H22F3N2O5/c1-16(2,3)27-15(23)21-8-4-5-12(10-21)26-14-9-11(17(18,19)20)6-7-13(14)22(24)25/h6-7,9,12,24H,4-5,8,10H2,1-3H3/q-1/t12-/m0/s1. The van der Waals surface area contributed by atoms with E-state index in [-0.39, 0.29) is 6.54 Å². The van der Waals surface area contributed by atoms with Crippen molar-refractivity contribution in [3.63, 3.8) is 0 Å². The average Bonchev–Trinajstić information content (AvgIpc) is 2.52. The summed E-state index contributed by atoms with van der Waals surface area (Å²) in [5.74, 6) is -0.404. The molecular formula is C17H22F3N2O5-. The topological polar surface area (TPSA) is 85.3 Å². The van der Waals surface area contributed by atoms with Crippen molar-refractivity contribution in [1.82, 2.24) is 4.90 Å². The first-order valence-corrected chi connectivity index (χ1v) is 8.39. The second-order valence-electron chi connectivity index (χ2n) is 7.26. The first kappa shape index (κ1) is 21.1. The number of carbonyl (C=O) groups excluding carboxylic acids is 1. The van der Waals surface area contributed by atoms with Gasteiger partial charge in [0.2, 0.25) is 0 Å². The third-order valence-corrected chi connectivity index (χ3v) is 3.82. The number of nitrogens with zero attached hydrogens (tertiary/aromatic N) is 2. The van der Waals surface area contributed by atoms with Crippen LogP contribution in [0.4, 0.5) is 23.7 Å². The fourth-order valence-corrected chi connectivity index (χ4v) is 2.65. The first-order valence-electron chi connectivity index (χ1n) is 8.39. The van der Waals surface area contributed by atoms with E-state index in [9.17, 15) is 23.2 Å². The fourth-order valence-electron chi connectivity index (χ4n) is 2.65. The predicted molar refractivity (Wildman–Crippen MR) is 90.5 cm³/mol. The Morgan fingerprint density at radius 1 is 1.33 bits per heavy atom. The Balaban J connectivity index is 2.16. The van der Waals surface area contributed by atoms with Crippen LogP contribution in [0.5, 0.6) is 5.75 Å². The summed E-state index contributed by atoms with van der Waals surface area (Å²) >= 11 is 0. The second kappa shape index (κ2) is 7.81. The van der Waals surface area contributed by atoms with Crippen LogP contribution in [0.25, 0.3) is 0 Å². The van der Waals surface area contributed by atoms with E-state index < -0.39 is 46.2 Å². The maximum atomic E-state index is 12.9. The van der Waals surface area contributed by atoms with Crippen LogP contribution in [0.15, 0.2) is 18.2 Å². The molecule has 1 atom stereocenters. The number of piperidine rings is 1.